The maximum atomic E-state index is 6.52. The molecule has 1 aromatic heterocycles. The van der Waals surface area contributed by atoms with Gasteiger partial charge >= 0.3 is 6.01 Å². The van der Waals surface area contributed by atoms with E-state index in [4.69, 9.17) is 9.47 Å². The molecule has 3 aliphatic rings. The molecular weight excluding hydrogens is 402 g/mol. The molecule has 2 heterocycles. The zero-order valence-corrected chi connectivity index (χ0v) is 18.2. The van der Waals surface area contributed by atoms with Crippen LogP contribution in [0.2, 0.25) is 0 Å². The zero-order valence-electron chi connectivity index (χ0n) is 18.2. The smallest absolute Gasteiger partial charge is 0.346 e. The number of rotatable bonds is 4. The van der Waals surface area contributed by atoms with Crippen LogP contribution in [0.3, 0.4) is 0 Å². The first kappa shape index (κ1) is 19.3. The molecule has 2 bridgehead atoms. The van der Waals surface area contributed by atoms with Crippen LogP contribution in [0.4, 0.5) is 0 Å². The van der Waals surface area contributed by atoms with Gasteiger partial charge in [0, 0.05) is 22.9 Å². The lowest BCUT2D eigenvalue weighted by Gasteiger charge is -2.55. The topological polar surface area (TPSA) is 65.3 Å². The highest BCUT2D eigenvalue weighted by atomic mass is 16.5. The fourth-order valence-electron chi connectivity index (χ4n) is 5.71. The standard InChI is InChI=1S/C25H25N5O2/c1-29-15-14-25-13-7-6-10-19(25)20(29)16-17-11-12-21(31-2)23(22(17)25)32-24-26-27-28-30(24)18-8-4-3-5-9-18/h3-13,19-20H,14-16H2,1-2H3. The van der Waals surface area contributed by atoms with Crippen molar-refractivity contribution in [1.29, 1.82) is 0 Å². The van der Waals surface area contributed by atoms with E-state index in [-0.39, 0.29) is 5.41 Å². The summed E-state index contributed by atoms with van der Waals surface area (Å²) in [5.41, 5.74) is 3.21. The van der Waals surface area contributed by atoms with Crippen molar-refractivity contribution >= 4 is 0 Å². The predicted molar refractivity (Wildman–Crippen MR) is 120 cm³/mol. The molecule has 1 aliphatic heterocycles. The van der Waals surface area contributed by atoms with Gasteiger partial charge in [0.1, 0.15) is 0 Å². The molecule has 1 fully saturated rings. The van der Waals surface area contributed by atoms with E-state index in [1.54, 1.807) is 11.8 Å². The van der Waals surface area contributed by atoms with Crippen molar-refractivity contribution in [2.75, 3.05) is 20.7 Å². The van der Waals surface area contributed by atoms with Crippen LogP contribution < -0.4 is 9.47 Å². The summed E-state index contributed by atoms with van der Waals surface area (Å²) in [6.45, 7) is 1.04. The van der Waals surface area contributed by atoms with Crippen LogP contribution in [-0.2, 0) is 11.8 Å². The van der Waals surface area contributed by atoms with E-state index in [2.05, 4.69) is 57.8 Å². The zero-order chi connectivity index (χ0) is 21.7. The van der Waals surface area contributed by atoms with Gasteiger partial charge in [-0.1, -0.05) is 53.7 Å². The summed E-state index contributed by atoms with van der Waals surface area (Å²) in [5.74, 6) is 1.79. The molecule has 0 saturated carbocycles. The Hall–Kier alpha value is -3.45. The van der Waals surface area contributed by atoms with Crippen molar-refractivity contribution in [3.63, 3.8) is 0 Å². The summed E-state index contributed by atoms with van der Waals surface area (Å²) < 4.78 is 13.9. The summed E-state index contributed by atoms with van der Waals surface area (Å²) in [4.78, 5) is 2.50. The minimum atomic E-state index is -0.131. The average molecular weight is 428 g/mol. The van der Waals surface area contributed by atoms with Crippen molar-refractivity contribution in [2.24, 2.45) is 5.92 Å². The molecule has 162 valence electrons. The molecule has 6 rings (SSSR count). The largest absolute Gasteiger partial charge is 0.493 e. The predicted octanol–water partition coefficient (Wildman–Crippen LogP) is 3.70. The van der Waals surface area contributed by atoms with Crippen LogP contribution in [0.1, 0.15) is 17.5 Å². The Bertz CT molecular complexity index is 1220. The van der Waals surface area contributed by atoms with Gasteiger partial charge < -0.3 is 14.4 Å². The van der Waals surface area contributed by atoms with E-state index in [0.29, 0.717) is 29.5 Å². The fourth-order valence-corrected chi connectivity index (χ4v) is 5.71. The second-order valence-corrected chi connectivity index (χ2v) is 8.75. The summed E-state index contributed by atoms with van der Waals surface area (Å²) in [6.07, 6.45) is 11.1. The first-order chi connectivity index (χ1) is 15.7. The fraction of sp³-hybridized carbons (Fsp3) is 0.320. The number of hydrogen-bond acceptors (Lipinski definition) is 6. The van der Waals surface area contributed by atoms with Gasteiger partial charge in [0.15, 0.2) is 11.5 Å². The second-order valence-electron chi connectivity index (χ2n) is 8.75. The average Bonchev–Trinajstić information content (AvgIpc) is 3.30. The first-order valence-electron chi connectivity index (χ1n) is 11.0. The van der Waals surface area contributed by atoms with Crippen molar-refractivity contribution in [3.05, 3.63) is 77.9 Å². The SMILES string of the molecule is COc1ccc2c(c1Oc1nnnn1-c1ccccc1)C13C=CC=CC1C(C2)N(C)CC3. The van der Waals surface area contributed by atoms with Crippen LogP contribution in [-0.4, -0.2) is 51.9 Å². The minimum Gasteiger partial charge on any atom is -0.493 e. The second kappa shape index (κ2) is 7.31. The molecule has 1 saturated heterocycles. The summed E-state index contributed by atoms with van der Waals surface area (Å²) >= 11 is 0. The third-order valence-corrected chi connectivity index (χ3v) is 7.23. The number of tetrazole rings is 1. The van der Waals surface area contributed by atoms with Crippen LogP contribution >= 0.6 is 0 Å². The van der Waals surface area contributed by atoms with Crippen LogP contribution in [0.25, 0.3) is 5.69 Å². The molecule has 7 nitrogen and oxygen atoms in total. The van der Waals surface area contributed by atoms with Crippen LogP contribution in [0, 0.1) is 5.92 Å². The number of likely N-dealkylation sites (tertiary alicyclic amines) is 1. The van der Waals surface area contributed by atoms with Gasteiger partial charge in [0.05, 0.1) is 12.8 Å². The number of methoxy groups -OCH3 is 1. The molecule has 0 spiro atoms. The molecule has 3 aromatic rings. The van der Waals surface area contributed by atoms with E-state index in [0.717, 1.165) is 25.1 Å². The van der Waals surface area contributed by atoms with E-state index < -0.39 is 0 Å². The molecule has 3 atom stereocenters. The molecule has 0 radical (unpaired) electrons. The monoisotopic (exact) mass is 427 g/mol. The van der Waals surface area contributed by atoms with Crippen molar-refractivity contribution in [1.82, 2.24) is 25.1 Å². The lowest BCUT2D eigenvalue weighted by molar-refractivity contribution is 0.0781. The Balaban J connectivity index is 1.52. The Labute approximate surface area is 186 Å². The molecule has 3 unspecified atom stereocenters. The highest BCUT2D eigenvalue weighted by molar-refractivity contribution is 5.61. The van der Waals surface area contributed by atoms with E-state index >= 15 is 0 Å². The van der Waals surface area contributed by atoms with Gasteiger partial charge in [-0.15, -0.1) is 0 Å². The Kier molecular flexibility index (Phi) is 4.40. The van der Waals surface area contributed by atoms with Crippen molar-refractivity contribution < 1.29 is 9.47 Å². The van der Waals surface area contributed by atoms with E-state index in [9.17, 15) is 0 Å². The molecule has 0 amide bonds. The highest BCUT2D eigenvalue weighted by Gasteiger charge is 2.52. The van der Waals surface area contributed by atoms with Crippen LogP contribution in [0.5, 0.6) is 17.5 Å². The highest BCUT2D eigenvalue weighted by Crippen LogP contribution is 2.56. The third-order valence-electron chi connectivity index (χ3n) is 7.23. The number of fused-ring (bicyclic) bond motifs is 1. The number of piperidine rings is 1. The lowest BCUT2D eigenvalue weighted by atomic mass is 9.56. The van der Waals surface area contributed by atoms with Gasteiger partial charge in [-0.25, -0.2) is 0 Å². The van der Waals surface area contributed by atoms with Gasteiger partial charge in [-0.05, 0) is 60.6 Å². The number of benzene rings is 2. The molecule has 7 heteroatoms. The molecular formula is C25H25N5O2. The molecule has 0 N–H and O–H groups in total. The number of aromatic nitrogens is 4. The lowest BCUT2D eigenvalue weighted by Crippen LogP contribution is -2.58. The number of ether oxygens (including phenoxy) is 2. The minimum absolute atomic E-state index is 0.131. The summed E-state index contributed by atoms with van der Waals surface area (Å²) in [6, 6.07) is 14.7. The van der Waals surface area contributed by atoms with Crippen molar-refractivity contribution in [3.8, 4) is 23.2 Å². The van der Waals surface area contributed by atoms with Crippen molar-refractivity contribution in [2.45, 2.75) is 24.3 Å². The maximum absolute atomic E-state index is 6.52. The number of hydrogen-bond donors (Lipinski definition) is 0. The van der Waals surface area contributed by atoms with E-state index in [1.807, 2.05) is 36.4 Å². The van der Waals surface area contributed by atoms with E-state index in [1.165, 1.54) is 11.1 Å². The number of allylic oxidation sites excluding steroid dienone is 3. The summed E-state index contributed by atoms with van der Waals surface area (Å²) in [7, 11) is 3.92. The third kappa shape index (κ3) is 2.74. The quantitative estimate of drug-likeness (QED) is 0.633. The van der Waals surface area contributed by atoms with Gasteiger partial charge in [-0.2, -0.15) is 4.68 Å². The van der Waals surface area contributed by atoms with Gasteiger partial charge in [0.25, 0.3) is 0 Å². The van der Waals surface area contributed by atoms with Crippen LogP contribution in [0.15, 0.2) is 66.8 Å². The summed E-state index contributed by atoms with van der Waals surface area (Å²) in [5, 5.41) is 12.2. The first-order valence-corrected chi connectivity index (χ1v) is 11.0. The molecule has 2 aromatic carbocycles. The number of likely N-dealkylation sites (N-methyl/N-ethyl adjacent to an activating group) is 1. The number of nitrogens with zero attached hydrogens (tertiary/aromatic N) is 5. The van der Waals surface area contributed by atoms with Gasteiger partial charge in [0.2, 0.25) is 0 Å². The Morgan fingerprint density at radius 2 is 1.97 bits per heavy atom. The normalized spacial score (nSPS) is 25.8. The Morgan fingerprint density at radius 1 is 1.09 bits per heavy atom. The Morgan fingerprint density at radius 3 is 2.81 bits per heavy atom. The maximum Gasteiger partial charge on any atom is 0.346 e. The molecule has 2 aliphatic carbocycles. The molecule has 32 heavy (non-hydrogen) atoms. The van der Waals surface area contributed by atoms with Gasteiger partial charge in [-0.3, -0.25) is 0 Å². The number of para-hydroxylation sites is 1.